The van der Waals surface area contributed by atoms with Gasteiger partial charge in [-0.1, -0.05) is 25.5 Å². The summed E-state index contributed by atoms with van der Waals surface area (Å²) in [6.07, 6.45) is 5.97. The van der Waals surface area contributed by atoms with Gasteiger partial charge in [-0.3, -0.25) is 0 Å². The van der Waals surface area contributed by atoms with Crippen LogP contribution < -0.4 is 4.74 Å². The summed E-state index contributed by atoms with van der Waals surface area (Å²) < 4.78 is 28.3. The van der Waals surface area contributed by atoms with Crippen molar-refractivity contribution in [1.82, 2.24) is 4.98 Å². The lowest BCUT2D eigenvalue weighted by Crippen LogP contribution is -1.99. The molecule has 0 bridgehead atoms. The molecule has 1 aromatic heterocycles. The Labute approximate surface area is 125 Å². The molecule has 0 fully saturated rings. The van der Waals surface area contributed by atoms with E-state index in [1.165, 1.54) is 30.7 Å². The molecule has 2 rings (SSSR count). The van der Waals surface area contributed by atoms with E-state index in [0.29, 0.717) is 11.5 Å². The third kappa shape index (κ3) is 4.56. The number of unbranched alkanes of at least 4 members (excludes halogenated alkanes) is 1. The summed E-state index contributed by atoms with van der Waals surface area (Å²) in [5.74, 6) is 1.23. The van der Waals surface area contributed by atoms with Gasteiger partial charge in [0.2, 0.25) is 0 Å². The Morgan fingerprint density at radius 3 is 2.24 bits per heavy atom. The Bertz CT molecular complexity index is 676. The Morgan fingerprint density at radius 2 is 1.71 bits per heavy atom. The summed E-state index contributed by atoms with van der Waals surface area (Å²) >= 11 is 0. The second-order valence-corrected chi connectivity index (χ2v) is 6.92. The predicted molar refractivity (Wildman–Crippen MR) is 82.5 cm³/mol. The molecule has 0 atom stereocenters. The number of aryl methyl sites for hydroxylation is 1. The maximum Gasteiger partial charge on any atom is 0.192 e. The Kier molecular flexibility index (Phi) is 4.96. The van der Waals surface area contributed by atoms with Gasteiger partial charge in [0.05, 0.1) is 6.20 Å². The average Bonchev–Trinajstić information content (AvgIpc) is 2.46. The Hall–Kier alpha value is -1.88. The second kappa shape index (κ2) is 6.72. The standard InChI is InChI=1S/C16H19NO3S/c1-3-4-5-13-6-8-14(9-7-13)20-15-10-11-16(17-12-15)21(2,18)19/h6-12H,3-5H2,1-2H3. The van der Waals surface area contributed by atoms with Gasteiger partial charge in [0.15, 0.2) is 14.9 Å². The molecule has 2 aromatic rings. The number of nitrogens with zero attached hydrogens (tertiary/aromatic N) is 1. The number of aromatic nitrogens is 1. The zero-order valence-electron chi connectivity index (χ0n) is 12.2. The Morgan fingerprint density at radius 1 is 1.05 bits per heavy atom. The molecule has 1 aromatic carbocycles. The molecule has 0 unspecified atom stereocenters. The van der Waals surface area contributed by atoms with Gasteiger partial charge in [-0.2, -0.15) is 0 Å². The minimum Gasteiger partial charge on any atom is -0.456 e. The fraction of sp³-hybridized carbons (Fsp3) is 0.312. The lowest BCUT2D eigenvalue weighted by molar-refractivity contribution is 0.478. The van der Waals surface area contributed by atoms with Crippen LogP contribution in [0.5, 0.6) is 11.5 Å². The fourth-order valence-corrected chi connectivity index (χ4v) is 2.45. The predicted octanol–water partition coefficient (Wildman–Crippen LogP) is 3.62. The number of rotatable bonds is 6. The van der Waals surface area contributed by atoms with Crippen LogP contribution in [0.4, 0.5) is 0 Å². The highest BCUT2D eigenvalue weighted by Crippen LogP contribution is 2.22. The molecule has 0 radical (unpaired) electrons. The van der Waals surface area contributed by atoms with E-state index in [0.717, 1.165) is 12.7 Å². The van der Waals surface area contributed by atoms with Crippen molar-refractivity contribution in [2.24, 2.45) is 0 Å². The van der Waals surface area contributed by atoms with Gasteiger partial charge in [-0.25, -0.2) is 13.4 Å². The maximum atomic E-state index is 11.3. The second-order valence-electron chi connectivity index (χ2n) is 4.95. The van der Waals surface area contributed by atoms with Crippen molar-refractivity contribution >= 4 is 9.84 Å². The zero-order chi connectivity index (χ0) is 15.3. The molecule has 1 heterocycles. The Balaban J connectivity index is 2.04. The highest BCUT2D eigenvalue weighted by molar-refractivity contribution is 7.90. The van der Waals surface area contributed by atoms with E-state index in [4.69, 9.17) is 4.74 Å². The number of benzene rings is 1. The maximum absolute atomic E-state index is 11.3. The molecule has 112 valence electrons. The first-order valence-electron chi connectivity index (χ1n) is 6.92. The molecular formula is C16H19NO3S. The molecule has 0 amide bonds. The highest BCUT2D eigenvalue weighted by atomic mass is 32.2. The summed E-state index contributed by atoms with van der Waals surface area (Å²) in [6, 6.07) is 11.0. The van der Waals surface area contributed by atoms with Gasteiger partial charge in [0, 0.05) is 6.26 Å². The van der Waals surface area contributed by atoms with Crippen molar-refractivity contribution in [3.63, 3.8) is 0 Å². The lowest BCUT2D eigenvalue weighted by atomic mass is 10.1. The highest BCUT2D eigenvalue weighted by Gasteiger charge is 2.08. The van der Waals surface area contributed by atoms with E-state index in [2.05, 4.69) is 11.9 Å². The van der Waals surface area contributed by atoms with Crippen LogP contribution in [0.25, 0.3) is 0 Å². The van der Waals surface area contributed by atoms with Crippen molar-refractivity contribution < 1.29 is 13.2 Å². The van der Waals surface area contributed by atoms with Crippen LogP contribution >= 0.6 is 0 Å². The summed E-state index contributed by atoms with van der Waals surface area (Å²) in [4.78, 5) is 3.89. The van der Waals surface area contributed by atoms with Crippen LogP contribution in [0.1, 0.15) is 25.3 Å². The first kappa shape index (κ1) is 15.5. The third-order valence-corrected chi connectivity index (χ3v) is 4.07. The van der Waals surface area contributed by atoms with E-state index in [9.17, 15) is 8.42 Å². The SMILES string of the molecule is CCCCc1ccc(Oc2ccc(S(C)(=O)=O)nc2)cc1. The van der Waals surface area contributed by atoms with Gasteiger partial charge >= 0.3 is 0 Å². The molecule has 0 aliphatic rings. The molecule has 0 saturated carbocycles. The van der Waals surface area contributed by atoms with Gasteiger partial charge in [0.1, 0.15) is 11.5 Å². The quantitative estimate of drug-likeness (QED) is 0.818. The largest absolute Gasteiger partial charge is 0.456 e. The van der Waals surface area contributed by atoms with E-state index < -0.39 is 9.84 Å². The number of pyridine rings is 1. The van der Waals surface area contributed by atoms with Crippen molar-refractivity contribution in [2.45, 2.75) is 31.2 Å². The minimum atomic E-state index is -3.27. The van der Waals surface area contributed by atoms with Gasteiger partial charge in [-0.05, 0) is 42.7 Å². The monoisotopic (exact) mass is 305 g/mol. The smallest absolute Gasteiger partial charge is 0.192 e. The van der Waals surface area contributed by atoms with Crippen LogP contribution in [-0.2, 0) is 16.3 Å². The van der Waals surface area contributed by atoms with Gasteiger partial charge in [0.25, 0.3) is 0 Å². The molecule has 4 nitrogen and oxygen atoms in total. The van der Waals surface area contributed by atoms with Gasteiger partial charge < -0.3 is 4.74 Å². The third-order valence-electron chi connectivity index (χ3n) is 3.07. The summed E-state index contributed by atoms with van der Waals surface area (Å²) in [6.45, 7) is 2.17. The number of hydrogen-bond donors (Lipinski definition) is 0. The minimum absolute atomic E-state index is 0.0461. The molecular weight excluding hydrogens is 286 g/mol. The van der Waals surface area contributed by atoms with Crippen molar-refractivity contribution in [3.8, 4) is 11.5 Å². The molecule has 0 spiro atoms. The van der Waals surface area contributed by atoms with Crippen molar-refractivity contribution in [3.05, 3.63) is 48.2 Å². The lowest BCUT2D eigenvalue weighted by Gasteiger charge is -2.07. The first-order chi connectivity index (χ1) is 9.99. The van der Waals surface area contributed by atoms with Crippen molar-refractivity contribution in [2.75, 3.05) is 6.26 Å². The molecule has 0 saturated heterocycles. The number of sulfone groups is 1. The van der Waals surface area contributed by atoms with Crippen LogP contribution in [0.3, 0.4) is 0 Å². The van der Waals surface area contributed by atoms with Crippen LogP contribution in [0, 0.1) is 0 Å². The van der Waals surface area contributed by atoms with Crippen LogP contribution in [0.15, 0.2) is 47.6 Å². The summed E-state index contributed by atoms with van der Waals surface area (Å²) in [5, 5.41) is 0.0461. The topological polar surface area (TPSA) is 56.3 Å². The van der Waals surface area contributed by atoms with E-state index in [1.54, 1.807) is 6.07 Å². The summed E-state index contributed by atoms with van der Waals surface area (Å²) in [5.41, 5.74) is 1.29. The molecule has 21 heavy (non-hydrogen) atoms. The fourth-order valence-electron chi connectivity index (χ4n) is 1.89. The zero-order valence-corrected chi connectivity index (χ0v) is 13.1. The summed E-state index contributed by atoms with van der Waals surface area (Å²) in [7, 11) is -3.27. The van der Waals surface area contributed by atoms with Crippen molar-refractivity contribution in [1.29, 1.82) is 0 Å². The van der Waals surface area contributed by atoms with E-state index >= 15 is 0 Å². The van der Waals surface area contributed by atoms with Crippen LogP contribution in [-0.4, -0.2) is 19.7 Å². The number of ether oxygens (including phenoxy) is 1. The average molecular weight is 305 g/mol. The normalized spacial score (nSPS) is 11.3. The van der Waals surface area contributed by atoms with E-state index in [1.807, 2.05) is 24.3 Å². The van der Waals surface area contributed by atoms with Crippen LogP contribution in [0.2, 0.25) is 0 Å². The molecule has 0 aliphatic carbocycles. The van der Waals surface area contributed by atoms with E-state index in [-0.39, 0.29) is 5.03 Å². The van der Waals surface area contributed by atoms with Gasteiger partial charge in [-0.15, -0.1) is 0 Å². The number of hydrogen-bond acceptors (Lipinski definition) is 4. The molecule has 0 aliphatic heterocycles. The first-order valence-corrected chi connectivity index (χ1v) is 8.81. The molecule has 0 N–H and O–H groups in total. The molecule has 5 heteroatoms.